The molecule has 2 saturated heterocycles. The van der Waals surface area contributed by atoms with Crippen molar-refractivity contribution in [2.75, 3.05) is 25.0 Å². The molecule has 0 radical (unpaired) electrons. The molecule has 0 bridgehead atoms. The standard InChI is InChI=1S/C31H37N7O5/c32-15-28(40)35-22-13-25(34-17-22)31(43)38-18-23(37-30(42)27(39)11-10-19-6-2-1-3-7-19)14-26(38)29(41)36-21-12-20-8-4-5-9-24(20)33-16-21/h1-9,12,16,22-23,25-27,34,39H,10-11,13-15,17-18,32H2,(H,35,40)(H,36,41)(H,37,42)/t22-,23+,25+,26-,27+/m0/s1. The fraction of sp³-hybridized carbons (Fsp3) is 0.387. The van der Waals surface area contributed by atoms with E-state index in [1.807, 2.05) is 60.7 Å². The zero-order chi connectivity index (χ0) is 30.3. The van der Waals surface area contributed by atoms with Crippen LogP contribution in [0.3, 0.4) is 0 Å². The van der Waals surface area contributed by atoms with Gasteiger partial charge in [-0.3, -0.25) is 24.2 Å². The Hall–Kier alpha value is -4.39. The van der Waals surface area contributed by atoms with E-state index in [0.717, 1.165) is 16.5 Å². The molecule has 226 valence electrons. The van der Waals surface area contributed by atoms with Crippen molar-refractivity contribution in [3.05, 3.63) is 72.4 Å². The van der Waals surface area contributed by atoms with Crippen molar-refractivity contribution in [1.82, 2.24) is 25.8 Å². The van der Waals surface area contributed by atoms with Crippen LogP contribution in [0.25, 0.3) is 10.9 Å². The summed E-state index contributed by atoms with van der Waals surface area (Å²) in [5.41, 5.74) is 7.69. The predicted molar refractivity (Wildman–Crippen MR) is 161 cm³/mol. The number of amides is 4. The Labute approximate surface area is 249 Å². The number of benzene rings is 2. The van der Waals surface area contributed by atoms with Crippen LogP contribution in [0.2, 0.25) is 0 Å². The van der Waals surface area contributed by atoms with E-state index in [1.165, 1.54) is 4.90 Å². The largest absolute Gasteiger partial charge is 0.383 e. The lowest BCUT2D eigenvalue weighted by Crippen LogP contribution is -2.50. The van der Waals surface area contributed by atoms with Gasteiger partial charge in [0.2, 0.25) is 23.6 Å². The van der Waals surface area contributed by atoms with Gasteiger partial charge >= 0.3 is 0 Å². The minimum Gasteiger partial charge on any atom is -0.383 e. The van der Waals surface area contributed by atoms with Gasteiger partial charge in [0, 0.05) is 30.6 Å². The number of rotatable bonds is 10. The number of aliphatic hydroxyl groups is 1. The average molecular weight is 588 g/mol. The molecule has 0 spiro atoms. The second kappa shape index (κ2) is 13.7. The summed E-state index contributed by atoms with van der Waals surface area (Å²) in [6.45, 7) is 0.344. The van der Waals surface area contributed by atoms with E-state index in [2.05, 4.69) is 26.3 Å². The first-order valence-electron chi connectivity index (χ1n) is 14.5. The van der Waals surface area contributed by atoms with Gasteiger partial charge < -0.3 is 37.0 Å². The van der Waals surface area contributed by atoms with Gasteiger partial charge in [-0.1, -0.05) is 48.5 Å². The number of aryl methyl sites for hydroxylation is 1. The van der Waals surface area contributed by atoms with Crippen molar-refractivity contribution >= 4 is 40.2 Å². The highest BCUT2D eigenvalue weighted by Gasteiger charge is 2.44. The van der Waals surface area contributed by atoms with E-state index in [9.17, 15) is 24.3 Å². The molecule has 5 rings (SSSR count). The van der Waals surface area contributed by atoms with Gasteiger partial charge in [-0.15, -0.1) is 0 Å². The van der Waals surface area contributed by atoms with Crippen LogP contribution in [0.5, 0.6) is 0 Å². The molecule has 7 N–H and O–H groups in total. The van der Waals surface area contributed by atoms with E-state index in [-0.39, 0.29) is 43.8 Å². The first-order valence-corrected chi connectivity index (χ1v) is 14.5. The molecule has 2 fully saturated rings. The molecular formula is C31H37N7O5. The van der Waals surface area contributed by atoms with E-state index in [0.29, 0.717) is 25.1 Å². The fourth-order valence-corrected chi connectivity index (χ4v) is 5.69. The van der Waals surface area contributed by atoms with Gasteiger partial charge in [0.25, 0.3) is 0 Å². The van der Waals surface area contributed by atoms with Crippen molar-refractivity contribution < 1.29 is 24.3 Å². The van der Waals surface area contributed by atoms with Gasteiger partial charge in [0.15, 0.2) is 0 Å². The maximum absolute atomic E-state index is 13.7. The highest BCUT2D eigenvalue weighted by atomic mass is 16.3. The van der Waals surface area contributed by atoms with E-state index >= 15 is 0 Å². The smallest absolute Gasteiger partial charge is 0.249 e. The zero-order valence-electron chi connectivity index (χ0n) is 23.7. The highest BCUT2D eigenvalue weighted by Crippen LogP contribution is 2.24. The maximum Gasteiger partial charge on any atom is 0.249 e. The molecule has 2 aliphatic heterocycles. The summed E-state index contributed by atoms with van der Waals surface area (Å²) in [4.78, 5) is 57.7. The van der Waals surface area contributed by atoms with E-state index in [4.69, 9.17) is 5.73 Å². The number of nitrogens with two attached hydrogens (primary N) is 1. The maximum atomic E-state index is 13.7. The molecule has 2 aromatic carbocycles. The molecule has 0 aliphatic carbocycles. The van der Waals surface area contributed by atoms with Crippen LogP contribution in [0.15, 0.2) is 66.9 Å². The Morgan fingerprint density at radius 3 is 2.58 bits per heavy atom. The Morgan fingerprint density at radius 1 is 1.02 bits per heavy atom. The number of nitrogens with zero attached hydrogens (tertiary/aromatic N) is 2. The number of para-hydroxylation sites is 1. The molecule has 43 heavy (non-hydrogen) atoms. The molecule has 4 amide bonds. The molecule has 3 aromatic rings. The molecule has 12 nitrogen and oxygen atoms in total. The average Bonchev–Trinajstić information content (AvgIpc) is 3.67. The molecular weight excluding hydrogens is 550 g/mol. The first kappa shape index (κ1) is 30.1. The number of hydrogen-bond acceptors (Lipinski definition) is 8. The fourth-order valence-electron chi connectivity index (χ4n) is 5.69. The van der Waals surface area contributed by atoms with Gasteiger partial charge in [-0.25, -0.2) is 0 Å². The second-order valence-electron chi connectivity index (χ2n) is 11.1. The summed E-state index contributed by atoms with van der Waals surface area (Å²) in [6.07, 6.45) is 1.63. The van der Waals surface area contributed by atoms with Gasteiger partial charge in [0.05, 0.1) is 30.0 Å². The summed E-state index contributed by atoms with van der Waals surface area (Å²) in [7, 11) is 0. The van der Waals surface area contributed by atoms with Crippen LogP contribution in [-0.2, 0) is 25.6 Å². The van der Waals surface area contributed by atoms with Crippen LogP contribution < -0.4 is 27.0 Å². The number of pyridine rings is 1. The third-order valence-corrected chi connectivity index (χ3v) is 7.92. The van der Waals surface area contributed by atoms with Crippen LogP contribution in [0.4, 0.5) is 5.69 Å². The summed E-state index contributed by atoms with van der Waals surface area (Å²) in [5, 5.41) is 23.0. The van der Waals surface area contributed by atoms with Crippen LogP contribution >= 0.6 is 0 Å². The number of carbonyl (C=O) groups is 4. The number of aromatic nitrogens is 1. The number of carbonyl (C=O) groups excluding carboxylic acids is 4. The topological polar surface area (TPSA) is 179 Å². The lowest BCUT2D eigenvalue weighted by atomic mass is 10.1. The van der Waals surface area contributed by atoms with Crippen molar-refractivity contribution in [3.63, 3.8) is 0 Å². The number of hydrogen-bond donors (Lipinski definition) is 6. The molecule has 3 heterocycles. The Kier molecular flexibility index (Phi) is 9.60. The van der Waals surface area contributed by atoms with Gasteiger partial charge in [-0.2, -0.15) is 0 Å². The molecule has 12 heteroatoms. The summed E-state index contributed by atoms with van der Waals surface area (Å²) in [6, 6.07) is 16.6. The van der Waals surface area contributed by atoms with Gasteiger partial charge in [-0.05, 0) is 43.4 Å². The van der Waals surface area contributed by atoms with E-state index < -0.39 is 36.0 Å². The van der Waals surface area contributed by atoms with Crippen molar-refractivity contribution in [3.8, 4) is 0 Å². The SMILES string of the molecule is NCC(=O)N[C@@H]1CN[C@@H](C(=O)N2C[C@H](NC(=O)[C@H](O)CCc3ccccc3)C[C@H]2C(=O)Nc2cnc3ccccc3c2)C1. The van der Waals surface area contributed by atoms with Crippen LogP contribution in [0, 0.1) is 0 Å². The molecule has 0 saturated carbocycles. The van der Waals surface area contributed by atoms with Crippen LogP contribution in [0.1, 0.15) is 24.8 Å². The zero-order valence-corrected chi connectivity index (χ0v) is 23.7. The number of aliphatic hydroxyl groups excluding tert-OH is 1. The monoisotopic (exact) mass is 587 g/mol. The van der Waals surface area contributed by atoms with E-state index in [1.54, 1.807) is 6.20 Å². The number of anilines is 1. The Balaban J connectivity index is 1.26. The Bertz CT molecular complexity index is 1470. The first-order chi connectivity index (χ1) is 20.8. The molecule has 0 unspecified atom stereocenters. The third-order valence-electron chi connectivity index (χ3n) is 7.92. The second-order valence-corrected chi connectivity index (χ2v) is 11.1. The lowest BCUT2D eigenvalue weighted by molar-refractivity contribution is -0.138. The Morgan fingerprint density at radius 2 is 1.79 bits per heavy atom. The third kappa shape index (κ3) is 7.53. The number of likely N-dealkylation sites (tertiary alicyclic amines) is 1. The number of nitrogens with one attached hydrogen (secondary N) is 4. The minimum absolute atomic E-state index is 0.0992. The minimum atomic E-state index is -1.23. The summed E-state index contributed by atoms with van der Waals surface area (Å²) < 4.78 is 0. The molecule has 5 atom stereocenters. The van der Waals surface area contributed by atoms with Crippen molar-refractivity contribution in [1.29, 1.82) is 0 Å². The highest BCUT2D eigenvalue weighted by molar-refractivity contribution is 5.99. The lowest BCUT2D eigenvalue weighted by Gasteiger charge is -2.26. The van der Waals surface area contributed by atoms with Crippen molar-refractivity contribution in [2.24, 2.45) is 5.73 Å². The molecule has 1 aromatic heterocycles. The van der Waals surface area contributed by atoms with Crippen molar-refractivity contribution in [2.45, 2.75) is 56.0 Å². The summed E-state index contributed by atoms with van der Waals surface area (Å²) in [5.74, 6) is -1.56. The molecule has 2 aliphatic rings. The quantitative estimate of drug-likeness (QED) is 0.193. The van der Waals surface area contributed by atoms with Gasteiger partial charge in [0.1, 0.15) is 12.1 Å². The van der Waals surface area contributed by atoms with Crippen LogP contribution in [-0.4, -0.2) is 88.5 Å². The normalized spacial score (nSPS) is 22.2. The predicted octanol–water partition coefficient (Wildman–Crippen LogP) is 0.0581. The summed E-state index contributed by atoms with van der Waals surface area (Å²) >= 11 is 0. The number of fused-ring (bicyclic) bond motifs is 1.